The lowest BCUT2D eigenvalue weighted by molar-refractivity contribution is 0.241. The molecule has 19 heavy (non-hydrogen) atoms. The zero-order chi connectivity index (χ0) is 13.7. The number of nitrogens with zero attached hydrogens (tertiary/aromatic N) is 1. The lowest BCUT2D eigenvalue weighted by Gasteiger charge is -2.05. The fourth-order valence-corrected chi connectivity index (χ4v) is 2.24. The fourth-order valence-electron chi connectivity index (χ4n) is 2.24. The second kappa shape index (κ2) is 6.27. The first-order valence-electron chi connectivity index (χ1n) is 6.77. The summed E-state index contributed by atoms with van der Waals surface area (Å²) in [6.07, 6.45) is 3.94. The van der Waals surface area contributed by atoms with E-state index in [-0.39, 0.29) is 6.03 Å². The number of hydrogen-bond donors (Lipinski definition) is 2. The molecular formula is C15H21N3O. The predicted molar refractivity (Wildman–Crippen MR) is 78.3 cm³/mol. The Morgan fingerprint density at radius 1 is 1.21 bits per heavy atom. The molecule has 0 aliphatic heterocycles. The number of amides is 2. The highest BCUT2D eigenvalue weighted by Crippen LogP contribution is 2.20. The van der Waals surface area contributed by atoms with Crippen LogP contribution >= 0.6 is 0 Å². The van der Waals surface area contributed by atoms with Gasteiger partial charge < -0.3 is 15.2 Å². The molecule has 0 aliphatic rings. The van der Waals surface area contributed by atoms with E-state index in [0.29, 0.717) is 6.54 Å². The molecule has 0 aliphatic carbocycles. The standard InChI is InChI=1S/C15H21N3O/c1-3-9-16-15(19)17-10-8-12-11-18(2)14-7-5-4-6-13(12)14/h4-7,11H,3,8-10H2,1-2H3,(H2,16,17,19). The topological polar surface area (TPSA) is 46.1 Å². The summed E-state index contributed by atoms with van der Waals surface area (Å²) in [5.41, 5.74) is 2.50. The molecule has 1 aromatic heterocycles. The maximum Gasteiger partial charge on any atom is 0.314 e. The largest absolute Gasteiger partial charge is 0.350 e. The SMILES string of the molecule is CCCNC(=O)NCCc1cn(C)c2ccccc12. The van der Waals surface area contributed by atoms with Crippen LogP contribution < -0.4 is 10.6 Å². The quantitative estimate of drug-likeness (QED) is 0.851. The molecule has 2 rings (SSSR count). The minimum Gasteiger partial charge on any atom is -0.350 e. The van der Waals surface area contributed by atoms with Gasteiger partial charge in [0.1, 0.15) is 0 Å². The molecular weight excluding hydrogens is 238 g/mol. The predicted octanol–water partition coefficient (Wildman–Crippen LogP) is 2.43. The zero-order valence-electron chi connectivity index (χ0n) is 11.6. The zero-order valence-corrected chi connectivity index (χ0v) is 11.6. The van der Waals surface area contributed by atoms with Crippen molar-refractivity contribution in [3.63, 3.8) is 0 Å². The molecule has 4 heteroatoms. The Bertz CT molecular complexity index is 560. The molecule has 0 saturated heterocycles. The second-order valence-corrected chi connectivity index (χ2v) is 4.72. The molecule has 2 N–H and O–H groups in total. The van der Waals surface area contributed by atoms with Crippen molar-refractivity contribution in [2.75, 3.05) is 13.1 Å². The summed E-state index contributed by atoms with van der Waals surface area (Å²) in [4.78, 5) is 11.4. The average Bonchev–Trinajstić information content (AvgIpc) is 2.74. The van der Waals surface area contributed by atoms with Crippen molar-refractivity contribution in [1.29, 1.82) is 0 Å². The molecule has 1 aromatic carbocycles. The highest BCUT2D eigenvalue weighted by molar-refractivity contribution is 5.84. The average molecular weight is 259 g/mol. The van der Waals surface area contributed by atoms with Crippen molar-refractivity contribution in [2.24, 2.45) is 7.05 Å². The van der Waals surface area contributed by atoms with Gasteiger partial charge in [-0.1, -0.05) is 25.1 Å². The van der Waals surface area contributed by atoms with E-state index in [0.717, 1.165) is 19.4 Å². The van der Waals surface area contributed by atoms with Crippen LogP contribution in [0.15, 0.2) is 30.5 Å². The third-order valence-electron chi connectivity index (χ3n) is 3.19. The monoisotopic (exact) mass is 259 g/mol. The number of fused-ring (bicyclic) bond motifs is 1. The van der Waals surface area contributed by atoms with Crippen molar-refractivity contribution < 1.29 is 4.79 Å². The molecule has 0 atom stereocenters. The van der Waals surface area contributed by atoms with E-state index in [1.807, 2.05) is 26.1 Å². The van der Waals surface area contributed by atoms with Crippen molar-refractivity contribution >= 4 is 16.9 Å². The summed E-state index contributed by atoms with van der Waals surface area (Å²) in [7, 11) is 2.05. The van der Waals surface area contributed by atoms with Crippen LogP contribution in [-0.2, 0) is 13.5 Å². The summed E-state index contributed by atoms with van der Waals surface area (Å²) in [6, 6.07) is 8.25. The number of nitrogens with one attached hydrogen (secondary N) is 2. The number of hydrogen-bond acceptors (Lipinski definition) is 1. The van der Waals surface area contributed by atoms with Gasteiger partial charge in [-0.25, -0.2) is 4.79 Å². The Morgan fingerprint density at radius 3 is 2.74 bits per heavy atom. The minimum absolute atomic E-state index is 0.0814. The summed E-state index contributed by atoms with van der Waals surface area (Å²) >= 11 is 0. The van der Waals surface area contributed by atoms with Crippen LogP contribution in [0.5, 0.6) is 0 Å². The van der Waals surface area contributed by atoms with Crippen LogP contribution in [0.3, 0.4) is 0 Å². The van der Waals surface area contributed by atoms with Gasteiger partial charge in [-0.2, -0.15) is 0 Å². The summed E-state index contributed by atoms with van der Waals surface area (Å²) in [6.45, 7) is 3.42. The lowest BCUT2D eigenvalue weighted by Crippen LogP contribution is -2.36. The first kappa shape index (κ1) is 13.5. The van der Waals surface area contributed by atoms with Gasteiger partial charge in [0.25, 0.3) is 0 Å². The van der Waals surface area contributed by atoms with Crippen molar-refractivity contribution in [3.05, 3.63) is 36.0 Å². The van der Waals surface area contributed by atoms with Gasteiger partial charge in [0.15, 0.2) is 0 Å². The normalized spacial score (nSPS) is 10.6. The molecule has 0 radical (unpaired) electrons. The van der Waals surface area contributed by atoms with Crippen LogP contribution in [0, 0.1) is 0 Å². The maximum absolute atomic E-state index is 11.4. The highest BCUT2D eigenvalue weighted by atomic mass is 16.2. The number of carbonyl (C=O) groups excluding carboxylic acids is 1. The second-order valence-electron chi connectivity index (χ2n) is 4.72. The molecule has 0 fully saturated rings. The Kier molecular flexibility index (Phi) is 4.44. The number of rotatable bonds is 5. The Hall–Kier alpha value is -1.97. The molecule has 4 nitrogen and oxygen atoms in total. The number of aryl methyl sites for hydroxylation is 1. The molecule has 2 amide bonds. The van der Waals surface area contributed by atoms with E-state index in [9.17, 15) is 4.79 Å². The van der Waals surface area contributed by atoms with Crippen molar-refractivity contribution in [2.45, 2.75) is 19.8 Å². The molecule has 102 valence electrons. The summed E-state index contributed by atoms with van der Waals surface area (Å²) < 4.78 is 2.13. The maximum atomic E-state index is 11.4. The summed E-state index contributed by atoms with van der Waals surface area (Å²) in [5.74, 6) is 0. The summed E-state index contributed by atoms with van der Waals surface area (Å²) in [5, 5.41) is 6.95. The van der Waals surface area contributed by atoms with Crippen LogP contribution in [0.2, 0.25) is 0 Å². The third kappa shape index (κ3) is 3.28. The minimum atomic E-state index is -0.0814. The molecule has 2 aromatic rings. The van der Waals surface area contributed by atoms with Crippen LogP contribution in [0.25, 0.3) is 10.9 Å². The van der Waals surface area contributed by atoms with E-state index >= 15 is 0 Å². The molecule has 0 saturated carbocycles. The first-order valence-corrected chi connectivity index (χ1v) is 6.77. The molecule has 0 bridgehead atoms. The van der Waals surface area contributed by atoms with Gasteiger partial charge in [-0.3, -0.25) is 0 Å². The van der Waals surface area contributed by atoms with Gasteiger partial charge >= 0.3 is 6.03 Å². The van der Waals surface area contributed by atoms with Gasteiger partial charge in [-0.15, -0.1) is 0 Å². The highest BCUT2D eigenvalue weighted by Gasteiger charge is 2.06. The van der Waals surface area contributed by atoms with E-state index in [4.69, 9.17) is 0 Å². The van der Waals surface area contributed by atoms with Crippen molar-refractivity contribution in [1.82, 2.24) is 15.2 Å². The fraction of sp³-hybridized carbons (Fsp3) is 0.400. The molecule has 1 heterocycles. The number of benzene rings is 1. The van der Waals surface area contributed by atoms with E-state index in [2.05, 4.69) is 33.5 Å². The van der Waals surface area contributed by atoms with Gasteiger partial charge in [0, 0.05) is 37.2 Å². The number of carbonyl (C=O) groups is 1. The number of para-hydroxylation sites is 1. The first-order chi connectivity index (χ1) is 9.22. The van der Waals surface area contributed by atoms with Crippen LogP contribution in [-0.4, -0.2) is 23.7 Å². The Labute approximate surface area is 113 Å². The lowest BCUT2D eigenvalue weighted by atomic mass is 10.1. The molecule has 0 spiro atoms. The van der Waals surface area contributed by atoms with Crippen molar-refractivity contribution in [3.8, 4) is 0 Å². The molecule has 0 unspecified atom stereocenters. The third-order valence-corrected chi connectivity index (χ3v) is 3.19. The Morgan fingerprint density at radius 2 is 1.95 bits per heavy atom. The van der Waals surface area contributed by atoms with Gasteiger partial charge in [0.2, 0.25) is 0 Å². The Balaban J connectivity index is 1.93. The van der Waals surface area contributed by atoms with Crippen LogP contribution in [0.1, 0.15) is 18.9 Å². The van der Waals surface area contributed by atoms with Gasteiger partial charge in [0.05, 0.1) is 0 Å². The van der Waals surface area contributed by atoms with E-state index < -0.39 is 0 Å². The smallest absolute Gasteiger partial charge is 0.314 e. The van der Waals surface area contributed by atoms with E-state index in [1.54, 1.807) is 0 Å². The van der Waals surface area contributed by atoms with E-state index in [1.165, 1.54) is 16.5 Å². The van der Waals surface area contributed by atoms with Crippen LogP contribution in [0.4, 0.5) is 4.79 Å². The number of urea groups is 1. The number of aromatic nitrogens is 1. The van der Waals surface area contributed by atoms with Gasteiger partial charge in [-0.05, 0) is 24.5 Å².